The molecule has 1 aliphatic rings. The van der Waals surface area contributed by atoms with E-state index < -0.39 is 0 Å². The molecule has 0 N–H and O–H groups in total. The van der Waals surface area contributed by atoms with E-state index in [4.69, 9.17) is 0 Å². The summed E-state index contributed by atoms with van der Waals surface area (Å²) in [4.78, 5) is 8.93. The fourth-order valence-electron chi connectivity index (χ4n) is 8.19. The van der Waals surface area contributed by atoms with E-state index in [1.165, 1.54) is 77.5 Å². The van der Waals surface area contributed by atoms with Crippen molar-refractivity contribution in [2.45, 2.75) is 0 Å². The van der Waals surface area contributed by atoms with Gasteiger partial charge in [0, 0.05) is 35.9 Å². The third-order valence-corrected chi connectivity index (χ3v) is 10.4. The summed E-state index contributed by atoms with van der Waals surface area (Å²) < 4.78 is 0. The number of rotatable bonds is 6. The van der Waals surface area contributed by atoms with Crippen LogP contribution < -0.4 is 0 Å². The molecule has 0 aliphatic heterocycles. The Morgan fingerprint density at radius 3 is 1.10 bits per heavy atom. The van der Waals surface area contributed by atoms with E-state index in [2.05, 4.69) is 168 Å². The van der Waals surface area contributed by atoms with Crippen LogP contribution in [0.3, 0.4) is 0 Å². The van der Waals surface area contributed by atoms with Gasteiger partial charge < -0.3 is 0 Å². The minimum Gasteiger partial charge on any atom is -0.264 e. The highest BCUT2D eigenvalue weighted by Gasteiger charge is 2.33. The smallest absolute Gasteiger partial charge is 0.0346 e. The van der Waals surface area contributed by atoms with E-state index in [-0.39, 0.29) is 0 Å². The van der Waals surface area contributed by atoms with Crippen molar-refractivity contribution in [2.24, 2.45) is 0 Å². The Kier molecular flexibility index (Phi) is 7.18. The molecule has 7 aromatic carbocycles. The van der Waals surface area contributed by atoms with Crippen LogP contribution in [0.15, 0.2) is 195 Å². The standard InChI is InChI=1S/C50H32N2/c1-3-13-34(14-4-1)45-46(35-15-5-2-6-16-35)48(39-22-8-20-37(30-39)41-24-12-28-52-32-41)50-43-26-10-18-33-17-9-25-42(44(33)43)49(50)47(45)38-21-7-19-36(29-38)40-23-11-27-51-31-40/h1-32H. The molecule has 0 bridgehead atoms. The van der Waals surface area contributed by atoms with Crippen molar-refractivity contribution < 1.29 is 0 Å². The number of aromatic nitrogens is 2. The van der Waals surface area contributed by atoms with Crippen molar-refractivity contribution >= 4 is 10.8 Å². The summed E-state index contributed by atoms with van der Waals surface area (Å²) >= 11 is 0. The first-order chi connectivity index (χ1) is 25.8. The summed E-state index contributed by atoms with van der Waals surface area (Å²) in [6.07, 6.45) is 7.57. The first kappa shape index (κ1) is 30.0. The quantitative estimate of drug-likeness (QED) is 0.177. The largest absolute Gasteiger partial charge is 0.264 e. The Balaban J connectivity index is 1.42. The summed E-state index contributed by atoms with van der Waals surface area (Å²) in [7, 11) is 0. The molecule has 2 aromatic heterocycles. The molecule has 0 amide bonds. The van der Waals surface area contributed by atoms with Crippen LogP contribution in [-0.2, 0) is 0 Å². The molecular weight excluding hydrogens is 629 g/mol. The number of hydrogen-bond acceptors (Lipinski definition) is 2. The normalized spacial score (nSPS) is 11.5. The van der Waals surface area contributed by atoms with Gasteiger partial charge >= 0.3 is 0 Å². The molecule has 242 valence electrons. The summed E-state index contributed by atoms with van der Waals surface area (Å²) in [5, 5.41) is 2.55. The lowest BCUT2D eigenvalue weighted by Crippen LogP contribution is -2.00. The number of hydrogen-bond donors (Lipinski definition) is 0. The molecular formula is C50H32N2. The monoisotopic (exact) mass is 660 g/mol. The maximum Gasteiger partial charge on any atom is 0.0346 e. The number of benzene rings is 7. The lowest BCUT2D eigenvalue weighted by atomic mass is 9.76. The van der Waals surface area contributed by atoms with E-state index >= 15 is 0 Å². The Bertz CT molecular complexity index is 2570. The minimum atomic E-state index is 1.10. The molecule has 52 heavy (non-hydrogen) atoms. The van der Waals surface area contributed by atoms with Crippen LogP contribution in [0.1, 0.15) is 0 Å². The maximum atomic E-state index is 4.46. The number of fused-ring (bicyclic) bond motifs is 3. The van der Waals surface area contributed by atoms with Gasteiger partial charge in [0.2, 0.25) is 0 Å². The highest BCUT2D eigenvalue weighted by Crippen LogP contribution is 2.61. The van der Waals surface area contributed by atoms with Crippen LogP contribution in [0.25, 0.3) is 99.8 Å². The second-order valence-corrected chi connectivity index (χ2v) is 13.3. The fourth-order valence-corrected chi connectivity index (χ4v) is 8.19. The highest BCUT2D eigenvalue weighted by atomic mass is 14.6. The molecule has 2 heteroatoms. The zero-order valence-electron chi connectivity index (χ0n) is 28.4. The van der Waals surface area contributed by atoms with Gasteiger partial charge in [0.25, 0.3) is 0 Å². The number of pyridine rings is 2. The Labute approximate surface area is 303 Å². The molecule has 0 saturated heterocycles. The van der Waals surface area contributed by atoms with Crippen LogP contribution >= 0.6 is 0 Å². The van der Waals surface area contributed by atoms with Crippen molar-refractivity contribution in [3.8, 4) is 89.0 Å². The van der Waals surface area contributed by atoms with Crippen molar-refractivity contribution in [1.29, 1.82) is 0 Å². The molecule has 1 aliphatic carbocycles. The average molecular weight is 661 g/mol. The number of nitrogens with zero attached hydrogens (tertiary/aromatic N) is 2. The predicted octanol–water partition coefficient (Wildman–Crippen LogP) is 13.3. The molecule has 2 heterocycles. The van der Waals surface area contributed by atoms with Crippen LogP contribution in [0.2, 0.25) is 0 Å². The zero-order chi connectivity index (χ0) is 34.4. The van der Waals surface area contributed by atoms with Gasteiger partial charge in [0.1, 0.15) is 0 Å². The second kappa shape index (κ2) is 12.5. The van der Waals surface area contributed by atoms with E-state index in [9.17, 15) is 0 Å². The summed E-state index contributed by atoms with van der Waals surface area (Å²) in [5.74, 6) is 0. The van der Waals surface area contributed by atoms with E-state index in [1.807, 2.05) is 36.9 Å². The van der Waals surface area contributed by atoms with Gasteiger partial charge in [-0.25, -0.2) is 0 Å². The highest BCUT2D eigenvalue weighted by molar-refractivity contribution is 6.25. The molecule has 0 fully saturated rings. The molecule has 2 nitrogen and oxygen atoms in total. The van der Waals surface area contributed by atoms with E-state index in [0.717, 1.165) is 22.3 Å². The van der Waals surface area contributed by atoms with Gasteiger partial charge in [-0.05, 0) is 113 Å². The Morgan fingerprint density at radius 1 is 0.269 bits per heavy atom. The van der Waals surface area contributed by atoms with Crippen LogP contribution in [-0.4, -0.2) is 9.97 Å². The van der Waals surface area contributed by atoms with Crippen molar-refractivity contribution in [1.82, 2.24) is 9.97 Å². The van der Waals surface area contributed by atoms with Crippen molar-refractivity contribution in [2.75, 3.05) is 0 Å². The van der Waals surface area contributed by atoms with Crippen molar-refractivity contribution in [3.05, 3.63) is 195 Å². The lowest BCUT2D eigenvalue weighted by molar-refractivity contribution is 1.33. The maximum absolute atomic E-state index is 4.46. The van der Waals surface area contributed by atoms with Crippen LogP contribution in [0, 0.1) is 0 Å². The molecule has 0 saturated carbocycles. The van der Waals surface area contributed by atoms with Gasteiger partial charge in [-0.2, -0.15) is 0 Å². The van der Waals surface area contributed by atoms with Crippen molar-refractivity contribution in [3.63, 3.8) is 0 Å². The Hall–Kier alpha value is -6.90. The van der Waals surface area contributed by atoms with E-state index in [0.29, 0.717) is 0 Å². The Morgan fingerprint density at radius 2 is 0.654 bits per heavy atom. The molecule has 0 spiro atoms. The van der Waals surface area contributed by atoms with Gasteiger partial charge in [-0.15, -0.1) is 0 Å². The first-order valence-electron chi connectivity index (χ1n) is 17.7. The summed E-state index contributed by atoms with van der Waals surface area (Å²) in [5.41, 5.74) is 19.2. The second-order valence-electron chi connectivity index (χ2n) is 13.3. The van der Waals surface area contributed by atoms with Crippen LogP contribution in [0.4, 0.5) is 0 Å². The third-order valence-electron chi connectivity index (χ3n) is 10.4. The predicted molar refractivity (Wildman–Crippen MR) is 217 cm³/mol. The summed E-state index contributed by atoms with van der Waals surface area (Å²) in [6.45, 7) is 0. The van der Waals surface area contributed by atoms with Crippen LogP contribution in [0.5, 0.6) is 0 Å². The zero-order valence-corrected chi connectivity index (χ0v) is 28.4. The molecule has 0 radical (unpaired) electrons. The molecule has 0 atom stereocenters. The van der Waals surface area contributed by atoms with Gasteiger partial charge in [-0.3, -0.25) is 9.97 Å². The van der Waals surface area contributed by atoms with Gasteiger partial charge in [-0.1, -0.05) is 146 Å². The summed E-state index contributed by atoms with van der Waals surface area (Å²) in [6, 6.07) is 61.8. The van der Waals surface area contributed by atoms with E-state index in [1.54, 1.807) is 0 Å². The lowest BCUT2D eigenvalue weighted by Gasteiger charge is -2.26. The minimum absolute atomic E-state index is 1.10. The molecule has 0 unspecified atom stereocenters. The first-order valence-corrected chi connectivity index (χ1v) is 17.7. The van der Waals surface area contributed by atoms with Gasteiger partial charge in [0.05, 0.1) is 0 Å². The molecule has 10 rings (SSSR count). The van der Waals surface area contributed by atoms with Gasteiger partial charge in [0.15, 0.2) is 0 Å². The fraction of sp³-hybridized carbons (Fsp3) is 0. The average Bonchev–Trinajstić information content (AvgIpc) is 3.56. The SMILES string of the molecule is c1ccc(-c2c(-c3ccccc3)c(-c3cccc(-c4cccnc4)c3)c3c(c2-c2cccc(-c4cccnc4)c2)-c2cccc4cccc-3c24)cc1. The topological polar surface area (TPSA) is 25.8 Å². The molecule has 9 aromatic rings. The third kappa shape index (κ3) is 4.88.